The predicted octanol–water partition coefficient (Wildman–Crippen LogP) is 2.59. The second kappa shape index (κ2) is 6.00. The van der Waals surface area contributed by atoms with E-state index in [2.05, 4.69) is 10.5 Å². The molecule has 1 N–H and O–H groups in total. The Morgan fingerprint density at radius 1 is 1.32 bits per heavy atom. The summed E-state index contributed by atoms with van der Waals surface area (Å²) in [6.45, 7) is 3.73. The van der Waals surface area contributed by atoms with Gasteiger partial charge in [-0.3, -0.25) is 4.79 Å². The molecule has 98 valence electrons. The molecular formula is C15H16N2O2. The Morgan fingerprint density at radius 2 is 2.05 bits per heavy atom. The second-order valence-corrected chi connectivity index (χ2v) is 4.32. The number of carbonyl (C=O) groups is 1. The van der Waals surface area contributed by atoms with Gasteiger partial charge in [0.15, 0.2) is 0 Å². The molecule has 0 unspecified atom stereocenters. The fourth-order valence-corrected chi connectivity index (χ4v) is 1.77. The van der Waals surface area contributed by atoms with Crippen molar-refractivity contribution in [2.45, 2.75) is 20.3 Å². The van der Waals surface area contributed by atoms with Crippen LogP contribution in [0.15, 0.2) is 45.9 Å². The first-order valence-electron chi connectivity index (χ1n) is 6.08. The largest absolute Gasteiger partial charge is 0.466 e. The van der Waals surface area contributed by atoms with E-state index < -0.39 is 0 Å². The van der Waals surface area contributed by atoms with Crippen molar-refractivity contribution in [3.05, 3.63) is 59.0 Å². The van der Waals surface area contributed by atoms with Gasteiger partial charge in [-0.25, -0.2) is 5.43 Å². The van der Waals surface area contributed by atoms with Crippen LogP contribution in [0.1, 0.15) is 22.6 Å². The quantitative estimate of drug-likeness (QED) is 0.675. The maximum Gasteiger partial charge on any atom is 0.244 e. The predicted molar refractivity (Wildman–Crippen MR) is 74.1 cm³/mol. The summed E-state index contributed by atoms with van der Waals surface area (Å²) in [6.07, 6.45) is 1.91. The normalized spacial score (nSPS) is 10.8. The van der Waals surface area contributed by atoms with Gasteiger partial charge in [-0.2, -0.15) is 5.10 Å². The average Bonchev–Trinajstić information content (AvgIpc) is 2.69. The van der Waals surface area contributed by atoms with Crippen LogP contribution in [0.2, 0.25) is 0 Å². The molecule has 4 nitrogen and oxygen atoms in total. The van der Waals surface area contributed by atoms with E-state index in [1.54, 1.807) is 6.21 Å². The number of rotatable bonds is 4. The van der Waals surface area contributed by atoms with E-state index in [-0.39, 0.29) is 5.91 Å². The second-order valence-electron chi connectivity index (χ2n) is 4.32. The molecule has 0 aliphatic carbocycles. The number of carbonyl (C=O) groups excluding carboxylic acids is 1. The molecule has 0 bridgehead atoms. The Balaban J connectivity index is 1.88. The van der Waals surface area contributed by atoms with E-state index in [0.29, 0.717) is 6.42 Å². The van der Waals surface area contributed by atoms with Gasteiger partial charge in [-0.05, 0) is 25.5 Å². The number of nitrogens with one attached hydrogen (secondary N) is 1. The standard InChI is InChI=1S/C15H16N2O2/c1-11-8-14(12(2)19-11)10-16-17-15(18)9-13-6-4-3-5-7-13/h3-8,10H,9H2,1-2H3,(H,17,18)/b16-10+. The van der Waals surface area contributed by atoms with Crippen LogP contribution in [0, 0.1) is 13.8 Å². The smallest absolute Gasteiger partial charge is 0.244 e. The summed E-state index contributed by atoms with van der Waals surface area (Å²) in [5.74, 6) is 1.48. The first kappa shape index (κ1) is 13.1. The van der Waals surface area contributed by atoms with Crippen LogP contribution in [0.4, 0.5) is 0 Å². The average molecular weight is 256 g/mol. The molecule has 1 heterocycles. The third-order valence-corrected chi connectivity index (χ3v) is 2.68. The lowest BCUT2D eigenvalue weighted by atomic mass is 10.1. The Hall–Kier alpha value is -2.36. The van der Waals surface area contributed by atoms with E-state index in [4.69, 9.17) is 4.42 Å². The molecule has 0 spiro atoms. The van der Waals surface area contributed by atoms with Crippen LogP contribution in [0.5, 0.6) is 0 Å². The van der Waals surface area contributed by atoms with Gasteiger partial charge in [0.1, 0.15) is 11.5 Å². The maximum absolute atomic E-state index is 11.6. The number of hydrogen-bond acceptors (Lipinski definition) is 3. The minimum Gasteiger partial charge on any atom is -0.466 e. The van der Waals surface area contributed by atoms with E-state index in [1.807, 2.05) is 50.2 Å². The van der Waals surface area contributed by atoms with Gasteiger partial charge in [0.2, 0.25) is 5.91 Å². The molecule has 0 aliphatic heterocycles. The first-order chi connectivity index (χ1) is 9.15. The molecule has 0 saturated heterocycles. The number of hydrogen-bond donors (Lipinski definition) is 1. The highest BCUT2D eigenvalue weighted by Gasteiger charge is 2.03. The van der Waals surface area contributed by atoms with Gasteiger partial charge in [0.25, 0.3) is 0 Å². The summed E-state index contributed by atoms with van der Waals surface area (Å²) in [5, 5.41) is 3.93. The number of benzene rings is 1. The molecule has 2 aromatic rings. The zero-order chi connectivity index (χ0) is 13.7. The number of hydrazone groups is 1. The molecule has 19 heavy (non-hydrogen) atoms. The molecule has 1 aromatic heterocycles. The first-order valence-corrected chi connectivity index (χ1v) is 6.08. The molecule has 0 atom stereocenters. The number of furan rings is 1. The Morgan fingerprint density at radius 3 is 2.68 bits per heavy atom. The van der Waals surface area contributed by atoms with Crippen LogP contribution < -0.4 is 5.43 Å². The van der Waals surface area contributed by atoms with Crippen LogP contribution in [0.3, 0.4) is 0 Å². The topological polar surface area (TPSA) is 54.6 Å². The third-order valence-electron chi connectivity index (χ3n) is 2.68. The lowest BCUT2D eigenvalue weighted by Crippen LogP contribution is -2.19. The number of aryl methyl sites for hydroxylation is 2. The fourth-order valence-electron chi connectivity index (χ4n) is 1.77. The van der Waals surface area contributed by atoms with Gasteiger partial charge in [0.05, 0.1) is 12.6 Å². The summed E-state index contributed by atoms with van der Waals surface area (Å²) in [4.78, 5) is 11.6. The van der Waals surface area contributed by atoms with Crippen LogP contribution in [-0.2, 0) is 11.2 Å². The third kappa shape index (κ3) is 3.81. The maximum atomic E-state index is 11.6. The van der Waals surface area contributed by atoms with Gasteiger partial charge >= 0.3 is 0 Å². The van der Waals surface area contributed by atoms with Crippen molar-refractivity contribution >= 4 is 12.1 Å². The van der Waals surface area contributed by atoms with E-state index in [9.17, 15) is 4.79 Å². The zero-order valence-electron chi connectivity index (χ0n) is 11.0. The molecule has 0 aliphatic rings. The molecule has 1 aromatic carbocycles. The fraction of sp³-hybridized carbons (Fsp3) is 0.200. The van der Waals surface area contributed by atoms with Crippen molar-refractivity contribution in [3.8, 4) is 0 Å². The zero-order valence-corrected chi connectivity index (χ0v) is 11.0. The van der Waals surface area contributed by atoms with Gasteiger partial charge in [-0.15, -0.1) is 0 Å². The van der Waals surface area contributed by atoms with Crippen LogP contribution in [-0.4, -0.2) is 12.1 Å². The van der Waals surface area contributed by atoms with E-state index >= 15 is 0 Å². The van der Waals surface area contributed by atoms with Crippen LogP contribution >= 0.6 is 0 Å². The van der Waals surface area contributed by atoms with Crippen molar-refractivity contribution in [2.24, 2.45) is 5.10 Å². The van der Waals surface area contributed by atoms with Gasteiger partial charge in [0, 0.05) is 5.56 Å². The number of nitrogens with zero attached hydrogens (tertiary/aromatic N) is 1. The van der Waals surface area contributed by atoms with Crippen molar-refractivity contribution in [3.63, 3.8) is 0 Å². The van der Waals surface area contributed by atoms with Crippen LogP contribution in [0.25, 0.3) is 0 Å². The Labute approximate surface area is 112 Å². The minimum atomic E-state index is -0.139. The van der Waals surface area contributed by atoms with Gasteiger partial charge in [-0.1, -0.05) is 30.3 Å². The lowest BCUT2D eigenvalue weighted by molar-refractivity contribution is -0.120. The van der Waals surface area contributed by atoms with Crippen molar-refractivity contribution in [2.75, 3.05) is 0 Å². The molecule has 1 amide bonds. The minimum absolute atomic E-state index is 0.139. The lowest BCUT2D eigenvalue weighted by Gasteiger charge is -1.99. The highest BCUT2D eigenvalue weighted by molar-refractivity contribution is 5.84. The molecule has 4 heteroatoms. The van der Waals surface area contributed by atoms with E-state index in [1.165, 1.54) is 0 Å². The monoisotopic (exact) mass is 256 g/mol. The Kier molecular flexibility index (Phi) is 4.13. The highest BCUT2D eigenvalue weighted by atomic mass is 16.3. The van der Waals surface area contributed by atoms with Gasteiger partial charge < -0.3 is 4.42 Å². The molecular weight excluding hydrogens is 240 g/mol. The Bertz CT molecular complexity index is 585. The molecule has 0 fully saturated rings. The molecule has 2 rings (SSSR count). The van der Waals surface area contributed by atoms with Crippen molar-refractivity contribution in [1.82, 2.24) is 5.43 Å². The highest BCUT2D eigenvalue weighted by Crippen LogP contribution is 2.10. The SMILES string of the molecule is Cc1cc(/C=N/NC(=O)Cc2ccccc2)c(C)o1. The summed E-state index contributed by atoms with van der Waals surface area (Å²) in [6, 6.07) is 11.4. The summed E-state index contributed by atoms with van der Waals surface area (Å²) in [5.41, 5.74) is 4.34. The molecule has 0 radical (unpaired) electrons. The summed E-state index contributed by atoms with van der Waals surface area (Å²) >= 11 is 0. The number of amides is 1. The summed E-state index contributed by atoms with van der Waals surface area (Å²) < 4.78 is 5.36. The van der Waals surface area contributed by atoms with Crippen molar-refractivity contribution < 1.29 is 9.21 Å². The summed E-state index contributed by atoms with van der Waals surface area (Å²) in [7, 11) is 0. The molecule has 0 saturated carbocycles. The van der Waals surface area contributed by atoms with E-state index in [0.717, 1.165) is 22.6 Å². The van der Waals surface area contributed by atoms with Crippen molar-refractivity contribution in [1.29, 1.82) is 0 Å².